The van der Waals surface area contributed by atoms with Gasteiger partial charge in [-0.25, -0.2) is 15.0 Å². The predicted molar refractivity (Wildman–Crippen MR) is 116 cm³/mol. The van der Waals surface area contributed by atoms with Crippen LogP contribution in [0.4, 0.5) is 5.82 Å². The Morgan fingerprint density at radius 2 is 2.00 bits per heavy atom. The molecule has 0 radical (unpaired) electrons. The van der Waals surface area contributed by atoms with Crippen LogP contribution >= 0.6 is 0 Å². The number of carboxylic acid groups (broad SMARTS) is 1. The number of pyridine rings is 1. The number of hydrogen-bond acceptors (Lipinski definition) is 7. The summed E-state index contributed by atoms with van der Waals surface area (Å²) in [5, 5.41) is 12.6. The normalized spacial score (nSPS) is 13.7. The number of hydrogen-bond donors (Lipinski definition) is 2. The average Bonchev–Trinajstić information content (AvgIpc) is 2.76. The van der Waals surface area contributed by atoms with Crippen LogP contribution in [0.25, 0.3) is 0 Å². The summed E-state index contributed by atoms with van der Waals surface area (Å²) in [6, 6.07) is 4.46. The van der Waals surface area contributed by atoms with Crippen molar-refractivity contribution in [1.82, 2.24) is 15.0 Å². The summed E-state index contributed by atoms with van der Waals surface area (Å²) in [5.41, 5.74) is 2.95. The van der Waals surface area contributed by atoms with Crippen LogP contribution in [0.2, 0.25) is 0 Å². The second-order valence-electron chi connectivity index (χ2n) is 7.82. The zero-order chi connectivity index (χ0) is 22.1. The minimum absolute atomic E-state index is 0.0557. The van der Waals surface area contributed by atoms with Gasteiger partial charge in [-0.1, -0.05) is 6.07 Å². The van der Waals surface area contributed by atoms with Crippen molar-refractivity contribution in [2.24, 2.45) is 0 Å². The van der Waals surface area contributed by atoms with Crippen molar-refractivity contribution in [3.05, 3.63) is 41.3 Å². The van der Waals surface area contributed by atoms with Crippen molar-refractivity contribution in [2.75, 3.05) is 18.5 Å². The van der Waals surface area contributed by atoms with E-state index < -0.39 is 11.9 Å². The zero-order valence-corrected chi connectivity index (χ0v) is 18.0. The van der Waals surface area contributed by atoms with Crippen LogP contribution in [0.3, 0.4) is 0 Å². The number of nitrogens with one attached hydrogen (secondary N) is 1. The van der Waals surface area contributed by atoms with Crippen molar-refractivity contribution in [2.45, 2.75) is 64.2 Å². The Morgan fingerprint density at radius 1 is 1.19 bits per heavy atom. The van der Waals surface area contributed by atoms with Crippen LogP contribution in [0, 0.1) is 0 Å². The summed E-state index contributed by atoms with van der Waals surface area (Å²) < 4.78 is 5.22. The lowest BCUT2D eigenvalue weighted by atomic mass is 9.91. The van der Waals surface area contributed by atoms with Gasteiger partial charge in [0.25, 0.3) is 0 Å². The molecule has 0 aromatic carbocycles. The molecule has 166 valence electrons. The fourth-order valence-corrected chi connectivity index (χ4v) is 3.77. The number of ketones is 1. The molecule has 1 aliphatic rings. The molecule has 0 bridgehead atoms. The third kappa shape index (κ3) is 7.01. The number of nitrogens with zero attached hydrogens (tertiary/aromatic N) is 3. The topological polar surface area (TPSA) is 114 Å². The van der Waals surface area contributed by atoms with E-state index in [1.807, 2.05) is 6.92 Å². The SMILES string of the molecule is CCOc1ncc([C@@H](CC(=O)O)CC(=O)CCCCc2ccc3c(n2)NCCC3)cn1. The molecule has 1 atom stereocenters. The molecule has 8 nitrogen and oxygen atoms in total. The molecular formula is C23H30N4O4. The molecule has 0 amide bonds. The standard InChI is InChI=1S/C23H30N4O4/c1-2-31-23-25-14-18(15-26-23)17(13-21(29)30)12-20(28)8-4-3-7-19-10-9-16-6-5-11-24-22(16)27-19/h9-10,14-15,17H,2-8,11-13H2,1H3,(H,24,27)(H,29,30)/t17-/m1/s1. The fourth-order valence-electron chi connectivity index (χ4n) is 3.77. The highest BCUT2D eigenvalue weighted by molar-refractivity contribution is 5.80. The van der Waals surface area contributed by atoms with Crippen LogP contribution in [0.1, 0.15) is 68.2 Å². The Hall–Kier alpha value is -3.03. The van der Waals surface area contributed by atoms with E-state index in [2.05, 4.69) is 32.4 Å². The molecule has 31 heavy (non-hydrogen) atoms. The van der Waals surface area contributed by atoms with Gasteiger partial charge in [0.2, 0.25) is 0 Å². The molecular weight excluding hydrogens is 396 g/mol. The van der Waals surface area contributed by atoms with E-state index in [4.69, 9.17) is 4.74 Å². The minimum atomic E-state index is -0.946. The molecule has 3 heterocycles. The molecule has 0 saturated carbocycles. The number of unbranched alkanes of at least 4 members (excludes halogenated alkanes) is 1. The summed E-state index contributed by atoms with van der Waals surface area (Å²) in [6.07, 6.45) is 8.23. The lowest BCUT2D eigenvalue weighted by Crippen LogP contribution is -2.14. The third-order valence-corrected chi connectivity index (χ3v) is 5.38. The van der Waals surface area contributed by atoms with Crippen LogP contribution in [0.5, 0.6) is 6.01 Å². The Labute approximate surface area is 182 Å². The second kappa shape index (κ2) is 11.4. The van der Waals surface area contributed by atoms with Gasteiger partial charge < -0.3 is 15.2 Å². The Balaban J connectivity index is 1.47. The maximum Gasteiger partial charge on any atom is 0.316 e. The predicted octanol–water partition coefficient (Wildman–Crippen LogP) is 3.56. The van der Waals surface area contributed by atoms with Crippen molar-refractivity contribution in [3.63, 3.8) is 0 Å². The van der Waals surface area contributed by atoms with Gasteiger partial charge in [-0.3, -0.25) is 9.59 Å². The molecule has 0 aliphatic carbocycles. The maximum absolute atomic E-state index is 12.5. The molecule has 0 spiro atoms. The number of aliphatic carboxylic acids is 1. The molecule has 2 aromatic rings. The Morgan fingerprint density at radius 3 is 2.74 bits per heavy atom. The van der Waals surface area contributed by atoms with E-state index in [0.29, 0.717) is 18.6 Å². The van der Waals surface area contributed by atoms with Crippen molar-refractivity contribution in [3.8, 4) is 6.01 Å². The first-order valence-electron chi connectivity index (χ1n) is 11.0. The lowest BCUT2D eigenvalue weighted by molar-refractivity contribution is -0.137. The van der Waals surface area contributed by atoms with Gasteiger partial charge in [0.1, 0.15) is 11.6 Å². The molecule has 0 unspecified atom stereocenters. The number of carbonyl (C=O) groups is 2. The number of ether oxygens (including phenoxy) is 1. The van der Waals surface area contributed by atoms with Crippen LogP contribution < -0.4 is 10.1 Å². The number of fused-ring (bicyclic) bond motifs is 1. The van der Waals surface area contributed by atoms with Gasteiger partial charge in [-0.05, 0) is 56.2 Å². The largest absolute Gasteiger partial charge is 0.481 e. The molecule has 0 saturated heterocycles. The first-order chi connectivity index (χ1) is 15.0. The first kappa shape index (κ1) is 22.7. The maximum atomic E-state index is 12.5. The molecule has 2 N–H and O–H groups in total. The van der Waals surface area contributed by atoms with E-state index in [1.54, 1.807) is 12.4 Å². The second-order valence-corrected chi connectivity index (χ2v) is 7.82. The molecule has 2 aromatic heterocycles. The molecule has 0 fully saturated rings. The van der Waals surface area contributed by atoms with Crippen molar-refractivity contribution >= 4 is 17.6 Å². The molecule has 8 heteroatoms. The van der Waals surface area contributed by atoms with E-state index >= 15 is 0 Å². The van der Waals surface area contributed by atoms with E-state index in [0.717, 1.165) is 50.2 Å². The summed E-state index contributed by atoms with van der Waals surface area (Å²) in [7, 11) is 0. The lowest BCUT2D eigenvalue weighted by Gasteiger charge is -2.17. The van der Waals surface area contributed by atoms with E-state index in [9.17, 15) is 14.7 Å². The first-order valence-corrected chi connectivity index (χ1v) is 11.0. The Bertz CT molecular complexity index is 886. The fraction of sp³-hybridized carbons (Fsp3) is 0.522. The van der Waals surface area contributed by atoms with Gasteiger partial charge >= 0.3 is 12.0 Å². The number of aromatic nitrogens is 3. The number of anilines is 1. The number of carboxylic acids is 1. The smallest absolute Gasteiger partial charge is 0.316 e. The van der Waals surface area contributed by atoms with E-state index in [-0.39, 0.29) is 24.6 Å². The number of carbonyl (C=O) groups excluding carboxylic acids is 1. The third-order valence-electron chi connectivity index (χ3n) is 5.38. The number of Topliss-reactive ketones (excluding diaryl/α,β-unsaturated/α-hetero) is 1. The van der Waals surface area contributed by atoms with Crippen LogP contribution in [-0.4, -0.2) is 45.0 Å². The van der Waals surface area contributed by atoms with Crippen molar-refractivity contribution in [1.29, 1.82) is 0 Å². The molecule has 1 aliphatic heterocycles. The highest BCUT2D eigenvalue weighted by atomic mass is 16.5. The number of aryl methyl sites for hydroxylation is 2. The summed E-state index contributed by atoms with van der Waals surface area (Å²) in [4.78, 5) is 36.6. The molecule has 3 rings (SSSR count). The summed E-state index contributed by atoms with van der Waals surface area (Å²) >= 11 is 0. The van der Waals surface area contributed by atoms with Gasteiger partial charge in [-0.15, -0.1) is 0 Å². The quantitative estimate of drug-likeness (QED) is 0.495. The zero-order valence-electron chi connectivity index (χ0n) is 18.0. The minimum Gasteiger partial charge on any atom is -0.481 e. The summed E-state index contributed by atoms with van der Waals surface area (Å²) in [5.74, 6) is -0.332. The van der Waals surface area contributed by atoms with Crippen LogP contribution in [0.15, 0.2) is 24.5 Å². The van der Waals surface area contributed by atoms with Gasteiger partial charge in [0, 0.05) is 43.4 Å². The van der Waals surface area contributed by atoms with Crippen molar-refractivity contribution < 1.29 is 19.4 Å². The average molecular weight is 427 g/mol. The monoisotopic (exact) mass is 426 g/mol. The van der Waals surface area contributed by atoms with Crippen LogP contribution in [-0.2, 0) is 22.4 Å². The van der Waals surface area contributed by atoms with E-state index in [1.165, 1.54) is 5.56 Å². The Kier molecular flexibility index (Phi) is 8.32. The van der Waals surface area contributed by atoms with Gasteiger partial charge in [-0.2, -0.15) is 0 Å². The highest BCUT2D eigenvalue weighted by Gasteiger charge is 2.20. The highest BCUT2D eigenvalue weighted by Crippen LogP contribution is 2.25. The van der Waals surface area contributed by atoms with Gasteiger partial charge in [0.05, 0.1) is 13.0 Å². The van der Waals surface area contributed by atoms with Gasteiger partial charge in [0.15, 0.2) is 0 Å². The number of rotatable bonds is 12. The summed E-state index contributed by atoms with van der Waals surface area (Å²) in [6.45, 7) is 3.25.